The maximum Gasteiger partial charge on any atom is 0.459 e. The molecule has 1 amide bonds. The fourth-order valence-electron chi connectivity index (χ4n) is 4.06. The number of aryl methyl sites for hydroxylation is 2. The monoisotopic (exact) mass is 579 g/mol. The molecule has 3 aromatic rings. The number of rotatable bonds is 5. The van der Waals surface area contributed by atoms with E-state index in [1.165, 1.54) is 29.8 Å². The van der Waals surface area contributed by atoms with Crippen molar-refractivity contribution in [1.82, 2.24) is 24.6 Å². The largest absolute Gasteiger partial charge is 0.459 e. The second-order valence-corrected chi connectivity index (χ2v) is 9.34. The van der Waals surface area contributed by atoms with Crippen molar-refractivity contribution in [1.29, 1.82) is 0 Å². The zero-order valence-corrected chi connectivity index (χ0v) is 21.1. The average Bonchev–Trinajstić information content (AvgIpc) is 3.28. The van der Waals surface area contributed by atoms with Crippen LogP contribution in [-0.2, 0) is 26.2 Å². The Morgan fingerprint density at radius 2 is 1.74 bits per heavy atom. The Morgan fingerprint density at radius 3 is 2.28 bits per heavy atom. The summed E-state index contributed by atoms with van der Waals surface area (Å²) in [6, 6.07) is 4.11. The standard InChI is InChI=1S/C24H18ClF8N5O/c1-4-7-21(8-9-21)35-20(39)13-10-12(5-6-14(13)25)19-34-15(11-37(19)2)17-16(23(28,29)30)18(36-38(17)3)22(26,27)24(31,32)33/h5-6,10-11H,8-9H2,1-3H3,(H,35,39). The molecule has 0 atom stereocenters. The molecule has 1 N–H and O–H groups in total. The molecule has 15 heteroatoms. The van der Waals surface area contributed by atoms with Gasteiger partial charge >= 0.3 is 18.3 Å². The molecule has 0 bridgehead atoms. The van der Waals surface area contributed by atoms with Gasteiger partial charge in [-0.2, -0.15) is 40.2 Å². The lowest BCUT2D eigenvalue weighted by atomic mass is 10.1. The van der Waals surface area contributed by atoms with Gasteiger partial charge < -0.3 is 9.88 Å². The Labute approximate surface area is 221 Å². The molecule has 0 saturated heterocycles. The van der Waals surface area contributed by atoms with Gasteiger partial charge in [0.2, 0.25) is 0 Å². The highest BCUT2D eigenvalue weighted by Crippen LogP contribution is 2.50. The highest BCUT2D eigenvalue weighted by atomic mass is 35.5. The number of benzene rings is 1. The van der Waals surface area contributed by atoms with Crippen molar-refractivity contribution >= 4 is 17.5 Å². The molecule has 4 rings (SSSR count). The predicted octanol–water partition coefficient (Wildman–Crippen LogP) is 6.10. The third-order valence-corrected chi connectivity index (χ3v) is 6.37. The average molecular weight is 580 g/mol. The lowest BCUT2D eigenvalue weighted by molar-refractivity contribution is -0.292. The summed E-state index contributed by atoms with van der Waals surface area (Å²) in [5, 5.41) is 5.76. The molecule has 0 unspecified atom stereocenters. The van der Waals surface area contributed by atoms with Crippen LogP contribution in [0.2, 0.25) is 5.02 Å². The van der Waals surface area contributed by atoms with E-state index < -0.39 is 52.4 Å². The van der Waals surface area contributed by atoms with Crippen LogP contribution < -0.4 is 5.32 Å². The topological polar surface area (TPSA) is 64.7 Å². The van der Waals surface area contributed by atoms with Crippen molar-refractivity contribution in [3.8, 4) is 34.6 Å². The summed E-state index contributed by atoms with van der Waals surface area (Å²) in [5.41, 5.74) is -6.86. The van der Waals surface area contributed by atoms with E-state index in [2.05, 4.69) is 27.2 Å². The Morgan fingerprint density at radius 1 is 1.10 bits per heavy atom. The first-order chi connectivity index (χ1) is 17.9. The van der Waals surface area contributed by atoms with Crippen LogP contribution in [0, 0.1) is 11.8 Å². The number of amides is 1. The molecule has 0 aliphatic heterocycles. The molecular formula is C24H18ClF8N5O. The Hall–Kier alpha value is -3.60. The normalized spacial score (nSPS) is 15.1. The second kappa shape index (κ2) is 9.25. The highest BCUT2D eigenvalue weighted by molar-refractivity contribution is 6.34. The smallest absolute Gasteiger partial charge is 0.336 e. The third kappa shape index (κ3) is 5.07. The number of imidazole rings is 1. The fourth-order valence-corrected chi connectivity index (χ4v) is 4.26. The number of carbonyl (C=O) groups is 1. The zero-order valence-electron chi connectivity index (χ0n) is 20.3. The van der Waals surface area contributed by atoms with Crippen molar-refractivity contribution in [2.24, 2.45) is 14.1 Å². The van der Waals surface area contributed by atoms with Gasteiger partial charge in [0, 0.05) is 25.9 Å². The van der Waals surface area contributed by atoms with E-state index in [4.69, 9.17) is 11.6 Å². The fraction of sp³-hybridized carbons (Fsp3) is 0.375. The van der Waals surface area contributed by atoms with Crippen LogP contribution in [0.1, 0.15) is 41.4 Å². The third-order valence-electron chi connectivity index (χ3n) is 6.04. The van der Waals surface area contributed by atoms with Gasteiger partial charge in [-0.05, 0) is 38.0 Å². The first kappa shape index (κ1) is 28.4. The minimum Gasteiger partial charge on any atom is -0.336 e. The molecule has 1 aliphatic rings. The Kier molecular flexibility index (Phi) is 6.74. The summed E-state index contributed by atoms with van der Waals surface area (Å²) in [5.74, 6) is -0.817. The van der Waals surface area contributed by atoms with E-state index in [0.717, 1.165) is 13.2 Å². The van der Waals surface area contributed by atoms with E-state index in [-0.39, 0.29) is 26.7 Å². The molecule has 1 aromatic carbocycles. The number of carbonyl (C=O) groups excluding carboxylic acids is 1. The molecule has 1 aliphatic carbocycles. The van der Waals surface area contributed by atoms with Crippen LogP contribution in [0.25, 0.3) is 22.8 Å². The van der Waals surface area contributed by atoms with Crippen LogP contribution in [0.4, 0.5) is 35.1 Å². The summed E-state index contributed by atoms with van der Waals surface area (Å²) in [6.45, 7) is 1.62. The van der Waals surface area contributed by atoms with Gasteiger partial charge in [0.15, 0.2) is 5.69 Å². The van der Waals surface area contributed by atoms with E-state index in [1.54, 1.807) is 6.92 Å². The van der Waals surface area contributed by atoms with E-state index >= 15 is 0 Å². The second-order valence-electron chi connectivity index (χ2n) is 8.93. The SMILES string of the molecule is CC#CC1(NC(=O)c2cc(-c3nc(-c4c(C(F)(F)F)c(C(F)(F)C(F)(F)F)nn4C)cn3C)ccc2Cl)CC1. The summed E-state index contributed by atoms with van der Waals surface area (Å²) in [4.78, 5) is 16.9. The number of alkyl halides is 8. The first-order valence-corrected chi connectivity index (χ1v) is 11.5. The summed E-state index contributed by atoms with van der Waals surface area (Å²) in [7, 11) is 2.16. The number of nitrogens with one attached hydrogen (secondary N) is 1. The van der Waals surface area contributed by atoms with Crippen LogP contribution in [-0.4, -0.2) is 37.0 Å². The highest BCUT2D eigenvalue weighted by Gasteiger charge is 2.64. The molecule has 39 heavy (non-hydrogen) atoms. The Balaban J connectivity index is 1.80. The van der Waals surface area contributed by atoms with Gasteiger partial charge in [-0.1, -0.05) is 17.5 Å². The zero-order chi connectivity index (χ0) is 29.1. The van der Waals surface area contributed by atoms with Gasteiger partial charge in [0.05, 0.1) is 10.6 Å². The predicted molar refractivity (Wildman–Crippen MR) is 124 cm³/mol. The molecular weight excluding hydrogens is 562 g/mol. The molecule has 2 heterocycles. The lowest BCUT2D eigenvalue weighted by Gasteiger charge is -2.19. The van der Waals surface area contributed by atoms with Crippen LogP contribution >= 0.6 is 11.6 Å². The van der Waals surface area contributed by atoms with Gasteiger partial charge in [-0.3, -0.25) is 9.48 Å². The number of aromatic nitrogens is 4. The maximum absolute atomic E-state index is 14.1. The number of halogens is 9. The summed E-state index contributed by atoms with van der Waals surface area (Å²) in [6.07, 6.45) is -9.66. The minimum atomic E-state index is -6.32. The molecule has 0 spiro atoms. The molecule has 6 nitrogen and oxygen atoms in total. The molecule has 0 radical (unpaired) electrons. The van der Waals surface area contributed by atoms with E-state index in [1.807, 2.05) is 0 Å². The quantitative estimate of drug-likeness (QED) is 0.294. The van der Waals surface area contributed by atoms with Crippen molar-refractivity contribution in [3.63, 3.8) is 0 Å². The van der Waals surface area contributed by atoms with Crippen molar-refractivity contribution in [3.05, 3.63) is 46.2 Å². The number of hydrogen-bond acceptors (Lipinski definition) is 3. The van der Waals surface area contributed by atoms with Gasteiger partial charge in [-0.25, -0.2) is 4.98 Å². The number of nitrogens with zero attached hydrogens (tertiary/aromatic N) is 4. The van der Waals surface area contributed by atoms with Gasteiger partial charge in [0.1, 0.15) is 28.3 Å². The molecule has 2 aromatic heterocycles. The van der Waals surface area contributed by atoms with Gasteiger partial charge in [0.25, 0.3) is 5.91 Å². The van der Waals surface area contributed by atoms with Crippen LogP contribution in [0.15, 0.2) is 24.4 Å². The summed E-state index contributed by atoms with van der Waals surface area (Å²) < 4.78 is 110. The lowest BCUT2D eigenvalue weighted by Crippen LogP contribution is -2.36. The van der Waals surface area contributed by atoms with E-state index in [9.17, 15) is 39.9 Å². The molecule has 1 fully saturated rings. The molecule has 1 saturated carbocycles. The van der Waals surface area contributed by atoms with E-state index in [0.29, 0.717) is 12.8 Å². The summed E-state index contributed by atoms with van der Waals surface area (Å²) >= 11 is 6.20. The first-order valence-electron chi connectivity index (χ1n) is 11.1. The van der Waals surface area contributed by atoms with Crippen molar-refractivity contribution in [2.45, 2.75) is 43.6 Å². The number of hydrogen-bond donors (Lipinski definition) is 1. The van der Waals surface area contributed by atoms with Crippen LogP contribution in [0.5, 0.6) is 0 Å². The molecule has 208 valence electrons. The van der Waals surface area contributed by atoms with Crippen molar-refractivity contribution in [2.75, 3.05) is 0 Å². The van der Waals surface area contributed by atoms with Gasteiger partial charge in [-0.15, -0.1) is 5.92 Å². The maximum atomic E-state index is 14.1. The van der Waals surface area contributed by atoms with Crippen LogP contribution in [0.3, 0.4) is 0 Å². The minimum absolute atomic E-state index is 0.0199. The van der Waals surface area contributed by atoms with Crippen molar-refractivity contribution < 1.29 is 39.9 Å². The Bertz CT molecular complexity index is 1520.